The van der Waals surface area contributed by atoms with Crippen LogP contribution >= 0.6 is 0 Å². The minimum absolute atomic E-state index is 0.278. The molecule has 0 aromatic heterocycles. The largest absolute Gasteiger partial charge is 0.395 e. The molecule has 78 valence electrons. The van der Waals surface area contributed by atoms with Crippen molar-refractivity contribution in [2.75, 3.05) is 6.61 Å². The smallest absolute Gasteiger partial charge is 0.0584 e. The van der Waals surface area contributed by atoms with Gasteiger partial charge in [0, 0.05) is 12.1 Å². The Morgan fingerprint density at radius 1 is 1.38 bits per heavy atom. The summed E-state index contributed by atoms with van der Waals surface area (Å²) in [4.78, 5) is 0. The summed E-state index contributed by atoms with van der Waals surface area (Å²) in [6.45, 7) is 4.72. The van der Waals surface area contributed by atoms with E-state index in [0.717, 1.165) is 12.3 Å². The molecule has 3 atom stereocenters. The minimum Gasteiger partial charge on any atom is -0.395 e. The number of rotatable bonds is 4. The quantitative estimate of drug-likeness (QED) is 0.701. The first kappa shape index (κ1) is 11.0. The van der Waals surface area contributed by atoms with Crippen LogP contribution in [0.5, 0.6) is 0 Å². The number of aliphatic hydroxyl groups is 1. The van der Waals surface area contributed by atoms with E-state index < -0.39 is 0 Å². The fourth-order valence-electron chi connectivity index (χ4n) is 2.17. The van der Waals surface area contributed by atoms with Crippen molar-refractivity contribution >= 4 is 0 Å². The van der Waals surface area contributed by atoms with Gasteiger partial charge in [0.25, 0.3) is 0 Å². The van der Waals surface area contributed by atoms with Crippen LogP contribution in [0.25, 0.3) is 0 Å². The van der Waals surface area contributed by atoms with Crippen LogP contribution < -0.4 is 5.32 Å². The Hall–Kier alpha value is -0.0800. The van der Waals surface area contributed by atoms with E-state index in [0.29, 0.717) is 12.1 Å². The molecule has 2 N–H and O–H groups in total. The first-order chi connectivity index (χ1) is 6.27. The lowest BCUT2D eigenvalue weighted by Crippen LogP contribution is -2.44. The lowest BCUT2D eigenvalue weighted by Gasteiger charge is -2.32. The SMILES string of the molecule is CCC(CO)NC1CCCCC1C. The average Bonchev–Trinajstić information content (AvgIpc) is 2.17. The van der Waals surface area contributed by atoms with Crippen molar-refractivity contribution in [1.82, 2.24) is 5.32 Å². The monoisotopic (exact) mass is 185 g/mol. The van der Waals surface area contributed by atoms with Crippen molar-refractivity contribution < 1.29 is 5.11 Å². The second kappa shape index (κ2) is 5.61. The summed E-state index contributed by atoms with van der Waals surface area (Å²) >= 11 is 0. The fourth-order valence-corrected chi connectivity index (χ4v) is 2.17. The molecule has 1 rings (SSSR count). The Kier molecular flexibility index (Phi) is 4.74. The zero-order valence-electron chi connectivity index (χ0n) is 8.92. The van der Waals surface area contributed by atoms with Gasteiger partial charge in [0.2, 0.25) is 0 Å². The average molecular weight is 185 g/mol. The maximum atomic E-state index is 9.08. The zero-order chi connectivity index (χ0) is 9.68. The standard InChI is InChI=1S/C11H23NO/c1-3-10(8-13)12-11-7-5-4-6-9(11)2/h9-13H,3-8H2,1-2H3. The first-order valence-corrected chi connectivity index (χ1v) is 5.64. The molecule has 0 spiro atoms. The van der Waals surface area contributed by atoms with Gasteiger partial charge in [-0.15, -0.1) is 0 Å². The number of hydrogen-bond donors (Lipinski definition) is 2. The van der Waals surface area contributed by atoms with Gasteiger partial charge in [-0.1, -0.05) is 26.7 Å². The molecular weight excluding hydrogens is 162 g/mol. The van der Waals surface area contributed by atoms with Gasteiger partial charge in [0.05, 0.1) is 6.61 Å². The third-order valence-corrected chi connectivity index (χ3v) is 3.27. The number of hydrogen-bond acceptors (Lipinski definition) is 2. The first-order valence-electron chi connectivity index (χ1n) is 5.64. The van der Waals surface area contributed by atoms with E-state index in [1.54, 1.807) is 0 Å². The molecule has 1 aliphatic rings. The van der Waals surface area contributed by atoms with Gasteiger partial charge >= 0.3 is 0 Å². The molecule has 2 nitrogen and oxygen atoms in total. The number of aliphatic hydroxyl groups excluding tert-OH is 1. The highest BCUT2D eigenvalue weighted by molar-refractivity contribution is 4.80. The van der Waals surface area contributed by atoms with Gasteiger partial charge in [-0.05, 0) is 25.2 Å². The lowest BCUT2D eigenvalue weighted by atomic mass is 9.85. The van der Waals surface area contributed by atoms with Crippen LogP contribution in [0.4, 0.5) is 0 Å². The molecule has 1 saturated carbocycles. The van der Waals surface area contributed by atoms with Crippen LogP contribution in [0.15, 0.2) is 0 Å². The van der Waals surface area contributed by atoms with E-state index in [1.807, 2.05) is 0 Å². The van der Waals surface area contributed by atoms with E-state index in [-0.39, 0.29) is 6.61 Å². The van der Waals surface area contributed by atoms with E-state index in [2.05, 4.69) is 19.2 Å². The predicted octanol–water partition coefficient (Wildman–Crippen LogP) is 1.93. The van der Waals surface area contributed by atoms with Crippen molar-refractivity contribution in [3.05, 3.63) is 0 Å². The van der Waals surface area contributed by atoms with Crippen LogP contribution in [-0.4, -0.2) is 23.8 Å². The van der Waals surface area contributed by atoms with Crippen LogP contribution in [0.2, 0.25) is 0 Å². The van der Waals surface area contributed by atoms with Gasteiger partial charge in [-0.2, -0.15) is 0 Å². The third kappa shape index (κ3) is 3.28. The summed E-state index contributed by atoms with van der Waals surface area (Å²) in [7, 11) is 0. The van der Waals surface area contributed by atoms with Crippen molar-refractivity contribution in [2.24, 2.45) is 5.92 Å². The second-order valence-electron chi connectivity index (χ2n) is 4.32. The van der Waals surface area contributed by atoms with Gasteiger partial charge in [-0.25, -0.2) is 0 Å². The van der Waals surface area contributed by atoms with E-state index >= 15 is 0 Å². The Morgan fingerprint density at radius 3 is 2.62 bits per heavy atom. The Morgan fingerprint density at radius 2 is 2.08 bits per heavy atom. The van der Waals surface area contributed by atoms with E-state index in [9.17, 15) is 0 Å². The molecule has 0 saturated heterocycles. The Balaban J connectivity index is 2.32. The molecule has 3 unspecified atom stereocenters. The summed E-state index contributed by atoms with van der Waals surface area (Å²) in [5.74, 6) is 0.786. The van der Waals surface area contributed by atoms with Crippen LogP contribution in [0.3, 0.4) is 0 Å². The number of nitrogens with one attached hydrogen (secondary N) is 1. The van der Waals surface area contributed by atoms with Gasteiger partial charge in [0.1, 0.15) is 0 Å². The molecule has 13 heavy (non-hydrogen) atoms. The molecule has 0 aromatic carbocycles. The highest BCUT2D eigenvalue weighted by Crippen LogP contribution is 2.24. The third-order valence-electron chi connectivity index (χ3n) is 3.27. The normalized spacial score (nSPS) is 31.6. The maximum Gasteiger partial charge on any atom is 0.0584 e. The molecule has 0 radical (unpaired) electrons. The molecule has 1 aliphatic carbocycles. The highest BCUT2D eigenvalue weighted by atomic mass is 16.3. The Labute approximate surface area is 81.7 Å². The zero-order valence-corrected chi connectivity index (χ0v) is 8.92. The van der Waals surface area contributed by atoms with Crippen molar-refractivity contribution in [1.29, 1.82) is 0 Å². The van der Waals surface area contributed by atoms with Gasteiger partial charge < -0.3 is 10.4 Å². The van der Waals surface area contributed by atoms with Gasteiger partial charge in [-0.3, -0.25) is 0 Å². The molecule has 1 fully saturated rings. The van der Waals surface area contributed by atoms with Crippen LogP contribution in [0.1, 0.15) is 46.0 Å². The summed E-state index contributed by atoms with van der Waals surface area (Å²) in [5, 5.41) is 12.6. The molecular formula is C11H23NO. The van der Waals surface area contributed by atoms with Crippen LogP contribution in [-0.2, 0) is 0 Å². The molecule has 0 aliphatic heterocycles. The molecule has 0 amide bonds. The molecule has 0 heterocycles. The fraction of sp³-hybridized carbons (Fsp3) is 1.00. The topological polar surface area (TPSA) is 32.3 Å². The van der Waals surface area contributed by atoms with E-state index in [1.165, 1.54) is 25.7 Å². The van der Waals surface area contributed by atoms with Crippen molar-refractivity contribution in [3.63, 3.8) is 0 Å². The van der Waals surface area contributed by atoms with E-state index in [4.69, 9.17) is 5.11 Å². The summed E-state index contributed by atoms with van der Waals surface area (Å²) < 4.78 is 0. The lowest BCUT2D eigenvalue weighted by molar-refractivity contribution is 0.193. The molecule has 2 heteroatoms. The van der Waals surface area contributed by atoms with Crippen molar-refractivity contribution in [3.8, 4) is 0 Å². The van der Waals surface area contributed by atoms with Gasteiger partial charge in [0.15, 0.2) is 0 Å². The second-order valence-corrected chi connectivity index (χ2v) is 4.32. The summed E-state index contributed by atoms with van der Waals surface area (Å²) in [6, 6.07) is 0.955. The molecule has 0 bridgehead atoms. The minimum atomic E-state index is 0.278. The highest BCUT2D eigenvalue weighted by Gasteiger charge is 2.22. The summed E-state index contributed by atoms with van der Waals surface area (Å²) in [6.07, 6.45) is 6.40. The van der Waals surface area contributed by atoms with Crippen molar-refractivity contribution in [2.45, 2.75) is 58.0 Å². The summed E-state index contributed by atoms with van der Waals surface area (Å²) in [5.41, 5.74) is 0. The molecule has 0 aromatic rings. The predicted molar refractivity (Wildman–Crippen MR) is 55.7 cm³/mol. The van der Waals surface area contributed by atoms with Crippen LogP contribution in [0, 0.1) is 5.92 Å². The Bertz CT molecular complexity index is 134. The maximum absolute atomic E-state index is 9.08.